The van der Waals surface area contributed by atoms with E-state index in [-0.39, 0.29) is 24.4 Å². The Morgan fingerprint density at radius 1 is 1.32 bits per heavy atom. The van der Waals surface area contributed by atoms with E-state index in [1.165, 1.54) is 0 Å². The second-order valence-electron chi connectivity index (χ2n) is 5.54. The number of rotatable bonds is 2. The van der Waals surface area contributed by atoms with E-state index in [0.29, 0.717) is 12.1 Å². The SMILES string of the molecule is Cc1c(C(=O)N2CCCC(N)C2)cnn1-c1ccccc1.Cl. The normalized spacial score (nSPS) is 17.9. The van der Waals surface area contributed by atoms with E-state index in [9.17, 15) is 4.79 Å². The van der Waals surface area contributed by atoms with E-state index in [2.05, 4.69) is 5.10 Å². The summed E-state index contributed by atoms with van der Waals surface area (Å²) in [6.07, 6.45) is 3.62. The van der Waals surface area contributed by atoms with Gasteiger partial charge in [0.05, 0.1) is 23.1 Å². The molecule has 1 atom stereocenters. The Morgan fingerprint density at radius 3 is 2.73 bits per heavy atom. The maximum atomic E-state index is 12.6. The number of carbonyl (C=O) groups is 1. The number of piperidine rings is 1. The molecular formula is C16H21ClN4O. The van der Waals surface area contributed by atoms with E-state index in [0.717, 1.165) is 30.8 Å². The summed E-state index contributed by atoms with van der Waals surface area (Å²) in [5.41, 5.74) is 8.45. The molecular weight excluding hydrogens is 300 g/mol. The molecule has 1 unspecified atom stereocenters. The van der Waals surface area contributed by atoms with E-state index in [1.54, 1.807) is 10.9 Å². The molecule has 1 amide bonds. The lowest BCUT2D eigenvalue weighted by Gasteiger charge is -2.30. The van der Waals surface area contributed by atoms with Crippen molar-refractivity contribution in [3.05, 3.63) is 47.8 Å². The largest absolute Gasteiger partial charge is 0.337 e. The number of aromatic nitrogens is 2. The Labute approximate surface area is 136 Å². The van der Waals surface area contributed by atoms with Crippen LogP contribution in [-0.4, -0.2) is 39.7 Å². The van der Waals surface area contributed by atoms with Gasteiger partial charge in [0.25, 0.3) is 5.91 Å². The maximum absolute atomic E-state index is 12.6. The van der Waals surface area contributed by atoms with Crippen molar-refractivity contribution in [1.82, 2.24) is 14.7 Å². The van der Waals surface area contributed by atoms with E-state index in [1.807, 2.05) is 42.2 Å². The number of carbonyl (C=O) groups excluding carboxylic acids is 1. The molecule has 2 aromatic rings. The van der Waals surface area contributed by atoms with Crippen LogP contribution in [-0.2, 0) is 0 Å². The van der Waals surface area contributed by atoms with E-state index in [4.69, 9.17) is 5.73 Å². The lowest BCUT2D eigenvalue weighted by molar-refractivity contribution is 0.0708. The van der Waals surface area contributed by atoms with Crippen molar-refractivity contribution in [2.45, 2.75) is 25.8 Å². The van der Waals surface area contributed by atoms with Crippen LogP contribution in [0.2, 0.25) is 0 Å². The molecule has 118 valence electrons. The molecule has 2 heterocycles. The third-order valence-corrected chi connectivity index (χ3v) is 3.99. The summed E-state index contributed by atoms with van der Waals surface area (Å²) in [7, 11) is 0. The van der Waals surface area contributed by atoms with E-state index < -0.39 is 0 Å². The van der Waals surface area contributed by atoms with Crippen molar-refractivity contribution in [2.24, 2.45) is 5.73 Å². The van der Waals surface area contributed by atoms with Crippen molar-refractivity contribution < 1.29 is 4.79 Å². The molecule has 1 aromatic carbocycles. The number of amides is 1. The van der Waals surface area contributed by atoms with Crippen molar-refractivity contribution in [2.75, 3.05) is 13.1 Å². The van der Waals surface area contributed by atoms with Crippen LogP contribution in [0.4, 0.5) is 0 Å². The number of benzene rings is 1. The van der Waals surface area contributed by atoms with Crippen LogP contribution in [0.1, 0.15) is 28.9 Å². The van der Waals surface area contributed by atoms with Gasteiger partial charge >= 0.3 is 0 Å². The third-order valence-electron chi connectivity index (χ3n) is 3.99. The van der Waals surface area contributed by atoms with Crippen LogP contribution >= 0.6 is 12.4 Å². The minimum absolute atomic E-state index is 0. The Hall–Kier alpha value is -1.85. The minimum Gasteiger partial charge on any atom is -0.337 e. The monoisotopic (exact) mass is 320 g/mol. The highest BCUT2D eigenvalue weighted by Crippen LogP contribution is 2.18. The standard InChI is InChI=1S/C16H20N4O.ClH/c1-12-15(16(21)19-9-5-6-13(17)11-19)10-18-20(12)14-7-3-2-4-8-14;/h2-4,7-8,10,13H,5-6,9,11,17H2,1H3;1H. The molecule has 0 radical (unpaired) electrons. The molecule has 1 aromatic heterocycles. The Bertz CT molecular complexity index is 641. The fourth-order valence-corrected chi connectivity index (χ4v) is 2.81. The number of likely N-dealkylation sites (tertiary alicyclic amines) is 1. The zero-order valence-electron chi connectivity index (χ0n) is 12.6. The van der Waals surface area contributed by atoms with Gasteiger partial charge < -0.3 is 10.6 Å². The molecule has 1 aliphatic heterocycles. The molecule has 3 rings (SSSR count). The lowest BCUT2D eigenvalue weighted by atomic mass is 10.1. The summed E-state index contributed by atoms with van der Waals surface area (Å²) in [6.45, 7) is 3.34. The molecule has 1 aliphatic rings. The highest BCUT2D eigenvalue weighted by atomic mass is 35.5. The molecule has 0 aliphatic carbocycles. The fourth-order valence-electron chi connectivity index (χ4n) is 2.81. The van der Waals surface area contributed by atoms with Gasteiger partial charge in [0, 0.05) is 19.1 Å². The third kappa shape index (κ3) is 3.15. The highest BCUT2D eigenvalue weighted by Gasteiger charge is 2.25. The van der Waals surface area contributed by atoms with Crippen LogP contribution < -0.4 is 5.73 Å². The van der Waals surface area contributed by atoms with Gasteiger partial charge in [-0.25, -0.2) is 4.68 Å². The van der Waals surface area contributed by atoms with Crippen LogP contribution in [0.3, 0.4) is 0 Å². The molecule has 0 bridgehead atoms. The first-order valence-corrected chi connectivity index (χ1v) is 7.31. The molecule has 22 heavy (non-hydrogen) atoms. The summed E-state index contributed by atoms with van der Waals surface area (Å²) in [5.74, 6) is 0.0323. The first kappa shape index (κ1) is 16.5. The number of hydrogen-bond acceptors (Lipinski definition) is 3. The number of halogens is 1. The van der Waals surface area contributed by atoms with Crippen LogP contribution in [0.5, 0.6) is 0 Å². The van der Waals surface area contributed by atoms with Crippen molar-refractivity contribution >= 4 is 18.3 Å². The molecule has 0 saturated carbocycles. The number of para-hydroxylation sites is 1. The zero-order chi connectivity index (χ0) is 14.8. The molecule has 2 N–H and O–H groups in total. The Morgan fingerprint density at radius 2 is 2.05 bits per heavy atom. The maximum Gasteiger partial charge on any atom is 0.257 e. The molecule has 5 nitrogen and oxygen atoms in total. The number of nitrogens with zero attached hydrogens (tertiary/aromatic N) is 3. The van der Waals surface area contributed by atoms with Gasteiger partial charge in [0.1, 0.15) is 0 Å². The summed E-state index contributed by atoms with van der Waals surface area (Å²) in [6, 6.07) is 9.93. The first-order chi connectivity index (χ1) is 10.2. The van der Waals surface area contributed by atoms with Gasteiger partial charge in [-0.15, -0.1) is 12.4 Å². The molecule has 6 heteroatoms. The highest BCUT2D eigenvalue weighted by molar-refractivity contribution is 5.95. The van der Waals surface area contributed by atoms with Crippen LogP contribution in [0.15, 0.2) is 36.5 Å². The fraction of sp³-hybridized carbons (Fsp3) is 0.375. The van der Waals surface area contributed by atoms with Crippen molar-refractivity contribution in [3.63, 3.8) is 0 Å². The van der Waals surface area contributed by atoms with Gasteiger partial charge in [-0.3, -0.25) is 4.79 Å². The Balaban J connectivity index is 0.00000176. The van der Waals surface area contributed by atoms with Crippen molar-refractivity contribution in [3.8, 4) is 5.69 Å². The molecule has 0 spiro atoms. The van der Waals surface area contributed by atoms with Gasteiger partial charge in [-0.2, -0.15) is 5.10 Å². The quantitative estimate of drug-likeness (QED) is 0.922. The first-order valence-electron chi connectivity index (χ1n) is 7.31. The van der Waals surface area contributed by atoms with Gasteiger partial charge in [-0.1, -0.05) is 18.2 Å². The van der Waals surface area contributed by atoms with E-state index >= 15 is 0 Å². The van der Waals surface area contributed by atoms with Crippen molar-refractivity contribution in [1.29, 1.82) is 0 Å². The molecule has 1 fully saturated rings. The average molecular weight is 321 g/mol. The summed E-state index contributed by atoms with van der Waals surface area (Å²) in [5, 5.41) is 4.36. The lowest BCUT2D eigenvalue weighted by Crippen LogP contribution is -2.45. The Kier molecular flexibility index (Phi) is 5.21. The summed E-state index contributed by atoms with van der Waals surface area (Å²) < 4.78 is 1.80. The van der Waals surface area contributed by atoms with Gasteiger partial charge in [0.15, 0.2) is 0 Å². The summed E-state index contributed by atoms with van der Waals surface area (Å²) in [4.78, 5) is 14.5. The summed E-state index contributed by atoms with van der Waals surface area (Å²) >= 11 is 0. The minimum atomic E-state index is 0. The number of hydrogen-bond donors (Lipinski definition) is 1. The van der Waals surface area contributed by atoms with Crippen LogP contribution in [0.25, 0.3) is 5.69 Å². The van der Waals surface area contributed by atoms with Crippen LogP contribution in [0, 0.1) is 6.92 Å². The number of nitrogens with two attached hydrogens (primary N) is 1. The average Bonchev–Trinajstić information content (AvgIpc) is 2.89. The molecule has 1 saturated heterocycles. The van der Waals surface area contributed by atoms with Gasteiger partial charge in [0.2, 0.25) is 0 Å². The second kappa shape index (κ2) is 6.94. The zero-order valence-corrected chi connectivity index (χ0v) is 13.4. The smallest absolute Gasteiger partial charge is 0.257 e. The second-order valence-corrected chi connectivity index (χ2v) is 5.54. The predicted molar refractivity (Wildman–Crippen MR) is 88.7 cm³/mol. The topological polar surface area (TPSA) is 64.2 Å². The van der Waals surface area contributed by atoms with Gasteiger partial charge in [-0.05, 0) is 31.9 Å². The predicted octanol–water partition coefficient (Wildman–Crippen LogP) is 2.17.